The Morgan fingerprint density at radius 1 is 1.19 bits per heavy atom. The molecule has 3 aromatic rings. The zero-order valence-corrected chi connectivity index (χ0v) is 24.1. The topological polar surface area (TPSA) is 134 Å². The molecule has 0 spiro atoms. The number of hydrogen-bond donors (Lipinski definition) is 0. The van der Waals surface area contributed by atoms with Gasteiger partial charge < -0.3 is 23.4 Å². The number of nitrogens with zero attached hydrogens (tertiary/aromatic N) is 3. The highest BCUT2D eigenvalue weighted by atomic mass is 16.6. The molecule has 0 saturated carbocycles. The third kappa shape index (κ3) is 5.05. The summed E-state index contributed by atoms with van der Waals surface area (Å²) in [4.78, 5) is 51.1. The minimum atomic E-state index is -0.650. The number of pyridine rings is 1. The summed E-state index contributed by atoms with van der Waals surface area (Å²) in [7, 11) is 0. The standard InChI is InChI=1S/C31H35N3O8/c1-4-5-6-19-12-27(36)41-29-21-9-10-31(2,3)42-24(21)13-25(28(19)29)40-17-26(35)32-14-18-11-20(16-32)22-7-8-23(34(38)39)30(37)33(22)15-18/h7-8,12-13,18,20H,4-6,9-11,14-17H2,1-3H3/t18-,20+/m1/s1. The lowest BCUT2D eigenvalue weighted by Crippen LogP contribution is -2.50. The summed E-state index contributed by atoms with van der Waals surface area (Å²) in [5, 5.41) is 12.0. The van der Waals surface area contributed by atoms with Crippen molar-refractivity contribution in [3.05, 3.63) is 72.0 Å². The van der Waals surface area contributed by atoms with Crippen LogP contribution in [0.5, 0.6) is 11.5 Å². The lowest BCUT2D eigenvalue weighted by atomic mass is 9.83. The van der Waals surface area contributed by atoms with E-state index in [0.29, 0.717) is 54.9 Å². The van der Waals surface area contributed by atoms with Gasteiger partial charge in [-0.05, 0) is 63.5 Å². The maximum Gasteiger partial charge on any atom is 0.336 e. The summed E-state index contributed by atoms with van der Waals surface area (Å²) in [6.45, 7) is 7.06. The van der Waals surface area contributed by atoms with Crippen LogP contribution < -0.4 is 20.7 Å². The Balaban J connectivity index is 1.28. The van der Waals surface area contributed by atoms with E-state index in [1.807, 2.05) is 19.9 Å². The summed E-state index contributed by atoms with van der Waals surface area (Å²) < 4.78 is 19.7. The van der Waals surface area contributed by atoms with Crippen molar-refractivity contribution in [3.63, 3.8) is 0 Å². The van der Waals surface area contributed by atoms with Crippen LogP contribution >= 0.6 is 0 Å². The molecular weight excluding hydrogens is 542 g/mol. The first-order valence-electron chi connectivity index (χ1n) is 14.6. The quantitative estimate of drug-likeness (QED) is 0.230. The van der Waals surface area contributed by atoms with Crippen molar-refractivity contribution in [2.45, 2.75) is 77.4 Å². The summed E-state index contributed by atoms with van der Waals surface area (Å²) in [6, 6.07) is 6.23. The average Bonchev–Trinajstić information content (AvgIpc) is 2.93. The molecule has 2 aromatic heterocycles. The van der Waals surface area contributed by atoms with Crippen molar-refractivity contribution in [2.24, 2.45) is 5.92 Å². The van der Waals surface area contributed by atoms with E-state index in [1.54, 1.807) is 11.0 Å². The number of unbranched alkanes of at least 4 members (excludes halogenated alkanes) is 1. The number of ether oxygens (including phenoxy) is 2. The number of likely N-dealkylation sites (tertiary alicyclic amines) is 1. The van der Waals surface area contributed by atoms with E-state index in [4.69, 9.17) is 13.9 Å². The molecule has 0 radical (unpaired) electrons. The van der Waals surface area contributed by atoms with Gasteiger partial charge in [0.15, 0.2) is 6.61 Å². The van der Waals surface area contributed by atoms with Crippen LogP contribution in [0.15, 0.2) is 38.3 Å². The molecule has 2 bridgehead atoms. The summed E-state index contributed by atoms with van der Waals surface area (Å²) in [5.74, 6) is 0.772. The number of carbonyl (C=O) groups excluding carboxylic acids is 1. The van der Waals surface area contributed by atoms with Gasteiger partial charge in [0.05, 0.1) is 10.3 Å². The molecule has 5 heterocycles. The fraction of sp³-hybridized carbons (Fsp3) is 0.516. The van der Waals surface area contributed by atoms with Crippen LogP contribution in [0.4, 0.5) is 5.69 Å². The second-order valence-corrected chi connectivity index (χ2v) is 12.3. The fourth-order valence-corrected chi connectivity index (χ4v) is 6.70. The molecular formula is C31H35N3O8. The van der Waals surface area contributed by atoms with E-state index < -0.39 is 27.4 Å². The van der Waals surface area contributed by atoms with Crippen molar-refractivity contribution in [1.29, 1.82) is 0 Å². The van der Waals surface area contributed by atoms with Gasteiger partial charge in [0.2, 0.25) is 0 Å². The molecule has 6 rings (SSSR count). The average molecular weight is 578 g/mol. The van der Waals surface area contributed by atoms with Crippen LogP contribution in [-0.4, -0.2) is 45.6 Å². The first-order valence-corrected chi connectivity index (χ1v) is 14.6. The van der Waals surface area contributed by atoms with Gasteiger partial charge in [-0.15, -0.1) is 0 Å². The molecule has 11 heteroatoms. The van der Waals surface area contributed by atoms with Gasteiger partial charge in [0, 0.05) is 55.0 Å². The molecule has 11 nitrogen and oxygen atoms in total. The first-order chi connectivity index (χ1) is 20.0. The third-order valence-corrected chi connectivity index (χ3v) is 8.77. The number of hydrogen-bond acceptors (Lipinski definition) is 8. The monoisotopic (exact) mass is 577 g/mol. The Morgan fingerprint density at radius 3 is 2.76 bits per heavy atom. The molecule has 42 heavy (non-hydrogen) atoms. The number of rotatable bonds is 7. The number of benzene rings is 1. The molecule has 1 aromatic carbocycles. The fourth-order valence-electron chi connectivity index (χ4n) is 6.70. The number of aromatic nitrogens is 1. The number of amides is 1. The lowest BCUT2D eigenvalue weighted by molar-refractivity contribution is -0.386. The van der Waals surface area contributed by atoms with Gasteiger partial charge in [0.1, 0.15) is 22.7 Å². The summed E-state index contributed by atoms with van der Waals surface area (Å²) in [5.41, 5.74) is 1.03. The van der Waals surface area contributed by atoms with E-state index in [9.17, 15) is 24.5 Å². The Kier molecular flexibility index (Phi) is 7.06. The Bertz CT molecular complexity index is 1700. The van der Waals surface area contributed by atoms with Crippen molar-refractivity contribution in [3.8, 4) is 11.5 Å². The molecule has 0 aliphatic carbocycles. The zero-order chi connectivity index (χ0) is 29.8. The van der Waals surface area contributed by atoms with Crippen LogP contribution in [-0.2, 0) is 24.2 Å². The summed E-state index contributed by atoms with van der Waals surface area (Å²) >= 11 is 0. The molecule has 3 aliphatic heterocycles. The van der Waals surface area contributed by atoms with Gasteiger partial charge in [-0.3, -0.25) is 19.7 Å². The third-order valence-electron chi connectivity index (χ3n) is 8.77. The highest BCUT2D eigenvalue weighted by Crippen LogP contribution is 2.43. The van der Waals surface area contributed by atoms with Crippen molar-refractivity contribution in [2.75, 3.05) is 19.7 Å². The highest BCUT2D eigenvalue weighted by molar-refractivity contribution is 5.92. The number of carbonyl (C=O) groups is 1. The number of piperidine rings is 1. The number of fused-ring (bicyclic) bond motifs is 7. The van der Waals surface area contributed by atoms with E-state index >= 15 is 0 Å². The molecule has 0 unspecified atom stereocenters. The first kappa shape index (κ1) is 28.0. The molecule has 0 N–H and O–H groups in total. The Labute approximate surface area is 242 Å². The van der Waals surface area contributed by atoms with E-state index in [1.165, 1.54) is 16.7 Å². The van der Waals surface area contributed by atoms with Crippen LogP contribution in [0.25, 0.3) is 11.0 Å². The minimum Gasteiger partial charge on any atom is -0.487 e. The molecule has 2 atom stereocenters. The molecule has 1 saturated heterocycles. The normalized spacial score (nSPS) is 20.4. The van der Waals surface area contributed by atoms with Gasteiger partial charge >= 0.3 is 16.9 Å². The number of nitro groups is 1. The Morgan fingerprint density at radius 2 is 2.00 bits per heavy atom. The largest absolute Gasteiger partial charge is 0.487 e. The van der Waals surface area contributed by atoms with Gasteiger partial charge in [-0.1, -0.05) is 13.3 Å². The predicted octanol–water partition coefficient (Wildman–Crippen LogP) is 4.33. The van der Waals surface area contributed by atoms with E-state index in [-0.39, 0.29) is 24.3 Å². The predicted molar refractivity (Wildman–Crippen MR) is 154 cm³/mol. The highest BCUT2D eigenvalue weighted by Gasteiger charge is 2.38. The number of aryl methyl sites for hydroxylation is 2. The van der Waals surface area contributed by atoms with E-state index in [0.717, 1.165) is 42.5 Å². The van der Waals surface area contributed by atoms with Gasteiger partial charge in [-0.2, -0.15) is 0 Å². The minimum absolute atomic E-state index is 0.00929. The maximum absolute atomic E-state index is 13.5. The van der Waals surface area contributed by atoms with E-state index in [2.05, 4.69) is 6.92 Å². The smallest absolute Gasteiger partial charge is 0.336 e. The van der Waals surface area contributed by atoms with Crippen molar-refractivity contribution >= 4 is 22.6 Å². The van der Waals surface area contributed by atoms with Crippen molar-refractivity contribution < 1.29 is 23.6 Å². The van der Waals surface area contributed by atoms with Crippen LogP contribution in [0.2, 0.25) is 0 Å². The van der Waals surface area contributed by atoms with Gasteiger partial charge in [-0.25, -0.2) is 4.79 Å². The van der Waals surface area contributed by atoms with Crippen LogP contribution in [0, 0.1) is 16.0 Å². The van der Waals surface area contributed by atoms with Crippen molar-refractivity contribution in [1.82, 2.24) is 9.47 Å². The lowest BCUT2D eigenvalue weighted by Gasteiger charge is -2.42. The molecule has 1 fully saturated rings. The Hall–Kier alpha value is -4.15. The molecule has 3 aliphatic rings. The second kappa shape index (κ2) is 10.6. The zero-order valence-electron chi connectivity index (χ0n) is 24.1. The molecule has 1 amide bonds. The second-order valence-electron chi connectivity index (χ2n) is 12.3. The van der Waals surface area contributed by atoms with Crippen LogP contribution in [0.1, 0.15) is 69.2 Å². The SMILES string of the molecule is CCCCc1cc(=O)oc2c3c(cc(OCC(=O)N4C[C@H]5C[C@@H](C4)c4ccc([N+](=O)[O-])c(=O)n4C5)c12)OC(C)(C)CC3. The van der Waals surface area contributed by atoms with Crippen LogP contribution in [0.3, 0.4) is 0 Å². The van der Waals surface area contributed by atoms with Gasteiger partial charge in [0.25, 0.3) is 5.91 Å². The maximum atomic E-state index is 13.5. The molecule has 222 valence electrons. The summed E-state index contributed by atoms with van der Waals surface area (Å²) in [6.07, 6.45) is 4.81.